The number of aromatic nitrogens is 2. The first-order chi connectivity index (χ1) is 8.67. The minimum atomic E-state index is -0.240. The van der Waals surface area contributed by atoms with Crippen molar-refractivity contribution < 1.29 is 4.74 Å². The van der Waals surface area contributed by atoms with E-state index in [9.17, 15) is 0 Å². The SMILES string of the molecule is CCn1ncc(OC)c1C(N)c1ccc(Br)cc1. The maximum absolute atomic E-state index is 6.31. The molecule has 18 heavy (non-hydrogen) atoms. The summed E-state index contributed by atoms with van der Waals surface area (Å²) in [6, 6.07) is 7.72. The third-order valence-corrected chi connectivity index (χ3v) is 3.42. The number of aryl methyl sites for hydroxylation is 1. The second kappa shape index (κ2) is 5.54. The Hall–Kier alpha value is -1.33. The Labute approximate surface area is 115 Å². The maximum atomic E-state index is 6.31. The lowest BCUT2D eigenvalue weighted by Crippen LogP contribution is -2.18. The number of ether oxygens (including phenoxy) is 1. The van der Waals surface area contributed by atoms with E-state index < -0.39 is 0 Å². The van der Waals surface area contributed by atoms with Crippen LogP contribution >= 0.6 is 15.9 Å². The number of hydrogen-bond acceptors (Lipinski definition) is 3. The lowest BCUT2D eigenvalue weighted by molar-refractivity contribution is 0.404. The molecule has 0 aliphatic heterocycles. The topological polar surface area (TPSA) is 53.1 Å². The van der Waals surface area contributed by atoms with E-state index in [0.29, 0.717) is 0 Å². The highest BCUT2D eigenvalue weighted by atomic mass is 79.9. The third-order valence-electron chi connectivity index (χ3n) is 2.89. The number of nitrogens with two attached hydrogens (primary N) is 1. The van der Waals surface area contributed by atoms with Gasteiger partial charge in [-0.1, -0.05) is 28.1 Å². The summed E-state index contributed by atoms with van der Waals surface area (Å²) < 4.78 is 8.22. The molecular formula is C13H16BrN3O. The first-order valence-corrected chi connectivity index (χ1v) is 6.57. The zero-order chi connectivity index (χ0) is 13.1. The molecule has 5 heteroatoms. The number of hydrogen-bond donors (Lipinski definition) is 1. The average Bonchev–Trinajstić information content (AvgIpc) is 2.81. The molecule has 2 aromatic rings. The van der Waals surface area contributed by atoms with Gasteiger partial charge in [-0.15, -0.1) is 0 Å². The van der Waals surface area contributed by atoms with Crippen molar-refractivity contribution in [1.29, 1.82) is 0 Å². The second-order valence-electron chi connectivity index (χ2n) is 3.94. The van der Waals surface area contributed by atoms with Crippen LogP contribution < -0.4 is 10.5 Å². The van der Waals surface area contributed by atoms with Gasteiger partial charge in [-0.25, -0.2) is 0 Å². The van der Waals surface area contributed by atoms with Crippen LogP contribution in [-0.4, -0.2) is 16.9 Å². The molecule has 1 atom stereocenters. The maximum Gasteiger partial charge on any atom is 0.161 e. The minimum absolute atomic E-state index is 0.240. The molecule has 1 aromatic carbocycles. The smallest absolute Gasteiger partial charge is 0.161 e. The summed E-state index contributed by atoms with van der Waals surface area (Å²) in [6.45, 7) is 2.80. The van der Waals surface area contributed by atoms with Gasteiger partial charge in [0.15, 0.2) is 5.75 Å². The highest BCUT2D eigenvalue weighted by Crippen LogP contribution is 2.28. The van der Waals surface area contributed by atoms with Crippen molar-refractivity contribution in [2.24, 2.45) is 5.73 Å². The zero-order valence-corrected chi connectivity index (χ0v) is 12.0. The van der Waals surface area contributed by atoms with Gasteiger partial charge in [0.2, 0.25) is 0 Å². The van der Waals surface area contributed by atoms with Gasteiger partial charge in [-0.2, -0.15) is 5.10 Å². The minimum Gasteiger partial charge on any atom is -0.493 e. The summed E-state index contributed by atoms with van der Waals surface area (Å²) in [4.78, 5) is 0. The molecular weight excluding hydrogens is 294 g/mol. The van der Waals surface area contributed by atoms with E-state index in [4.69, 9.17) is 10.5 Å². The van der Waals surface area contributed by atoms with E-state index in [-0.39, 0.29) is 6.04 Å². The van der Waals surface area contributed by atoms with E-state index in [2.05, 4.69) is 21.0 Å². The molecule has 4 nitrogen and oxygen atoms in total. The molecule has 2 N–H and O–H groups in total. The van der Waals surface area contributed by atoms with E-state index in [1.54, 1.807) is 13.3 Å². The monoisotopic (exact) mass is 309 g/mol. The van der Waals surface area contributed by atoms with Gasteiger partial charge in [0, 0.05) is 11.0 Å². The molecule has 0 fully saturated rings. The molecule has 0 radical (unpaired) electrons. The van der Waals surface area contributed by atoms with Crippen LogP contribution in [0.5, 0.6) is 5.75 Å². The number of halogens is 1. The predicted octanol–water partition coefficient (Wildman–Crippen LogP) is 2.72. The van der Waals surface area contributed by atoms with Crippen molar-refractivity contribution in [2.45, 2.75) is 19.5 Å². The van der Waals surface area contributed by atoms with E-state index in [0.717, 1.165) is 28.0 Å². The molecule has 0 bridgehead atoms. The Kier molecular flexibility index (Phi) is 4.04. The van der Waals surface area contributed by atoms with Gasteiger partial charge in [0.1, 0.15) is 5.69 Å². The highest BCUT2D eigenvalue weighted by Gasteiger charge is 2.19. The van der Waals surface area contributed by atoms with Crippen molar-refractivity contribution in [3.05, 3.63) is 46.2 Å². The van der Waals surface area contributed by atoms with Gasteiger partial charge in [0.25, 0.3) is 0 Å². The normalized spacial score (nSPS) is 12.4. The van der Waals surface area contributed by atoms with Crippen molar-refractivity contribution in [3.63, 3.8) is 0 Å². The van der Waals surface area contributed by atoms with Crippen LogP contribution in [0.25, 0.3) is 0 Å². The van der Waals surface area contributed by atoms with E-state index in [1.165, 1.54) is 0 Å². The van der Waals surface area contributed by atoms with Crippen molar-refractivity contribution >= 4 is 15.9 Å². The first kappa shape index (κ1) is 13.1. The van der Waals surface area contributed by atoms with Crippen molar-refractivity contribution in [1.82, 2.24) is 9.78 Å². The Morgan fingerprint density at radius 1 is 1.39 bits per heavy atom. The number of benzene rings is 1. The standard InChI is InChI=1S/C13H16BrN3O/c1-3-17-13(11(18-2)8-16-17)12(15)9-4-6-10(14)7-5-9/h4-8,12H,3,15H2,1-2H3. The van der Waals surface area contributed by atoms with Gasteiger partial charge in [0.05, 0.1) is 19.3 Å². The van der Waals surface area contributed by atoms with E-state index >= 15 is 0 Å². The van der Waals surface area contributed by atoms with E-state index in [1.807, 2.05) is 35.9 Å². The molecule has 0 aliphatic rings. The van der Waals surface area contributed by atoms with Gasteiger partial charge in [-0.3, -0.25) is 4.68 Å². The van der Waals surface area contributed by atoms with Crippen LogP contribution in [0.3, 0.4) is 0 Å². The van der Waals surface area contributed by atoms with Crippen LogP contribution in [0, 0.1) is 0 Å². The van der Waals surface area contributed by atoms with Gasteiger partial charge < -0.3 is 10.5 Å². The van der Waals surface area contributed by atoms with Crippen molar-refractivity contribution in [2.75, 3.05) is 7.11 Å². The summed E-state index contributed by atoms with van der Waals surface area (Å²) >= 11 is 3.42. The number of methoxy groups -OCH3 is 1. The Morgan fingerprint density at radius 2 is 2.06 bits per heavy atom. The highest BCUT2D eigenvalue weighted by molar-refractivity contribution is 9.10. The predicted molar refractivity (Wildman–Crippen MR) is 74.6 cm³/mol. The Balaban J connectivity index is 2.41. The lowest BCUT2D eigenvalue weighted by Gasteiger charge is -2.15. The second-order valence-corrected chi connectivity index (χ2v) is 4.86. The summed E-state index contributed by atoms with van der Waals surface area (Å²) in [5.74, 6) is 0.729. The summed E-state index contributed by atoms with van der Waals surface area (Å²) in [6.07, 6.45) is 1.71. The largest absolute Gasteiger partial charge is 0.493 e. The summed E-state index contributed by atoms with van der Waals surface area (Å²) in [5.41, 5.74) is 8.25. The Morgan fingerprint density at radius 3 is 2.61 bits per heavy atom. The molecule has 0 saturated carbocycles. The molecule has 1 aromatic heterocycles. The van der Waals surface area contributed by atoms with Crippen LogP contribution in [0.2, 0.25) is 0 Å². The summed E-state index contributed by atoms with van der Waals surface area (Å²) in [7, 11) is 1.63. The average molecular weight is 310 g/mol. The fraction of sp³-hybridized carbons (Fsp3) is 0.308. The quantitative estimate of drug-likeness (QED) is 0.944. The first-order valence-electron chi connectivity index (χ1n) is 5.78. The molecule has 1 heterocycles. The fourth-order valence-electron chi connectivity index (χ4n) is 1.93. The molecule has 96 valence electrons. The number of rotatable bonds is 4. The molecule has 0 aliphatic carbocycles. The lowest BCUT2D eigenvalue weighted by atomic mass is 10.0. The molecule has 2 rings (SSSR count). The van der Waals surface area contributed by atoms with Crippen LogP contribution in [-0.2, 0) is 6.54 Å². The molecule has 0 amide bonds. The third kappa shape index (κ3) is 2.42. The molecule has 1 unspecified atom stereocenters. The number of nitrogens with zero attached hydrogens (tertiary/aromatic N) is 2. The van der Waals surface area contributed by atoms with Gasteiger partial charge in [-0.05, 0) is 24.6 Å². The summed E-state index contributed by atoms with van der Waals surface area (Å²) in [5, 5.41) is 4.27. The van der Waals surface area contributed by atoms with Crippen LogP contribution in [0.4, 0.5) is 0 Å². The van der Waals surface area contributed by atoms with Crippen LogP contribution in [0.1, 0.15) is 24.2 Å². The molecule has 0 saturated heterocycles. The van der Waals surface area contributed by atoms with Crippen molar-refractivity contribution in [3.8, 4) is 5.75 Å². The fourth-order valence-corrected chi connectivity index (χ4v) is 2.19. The Bertz CT molecular complexity index is 500. The molecule has 0 spiro atoms. The van der Waals surface area contributed by atoms with Crippen LogP contribution in [0.15, 0.2) is 34.9 Å². The van der Waals surface area contributed by atoms with Gasteiger partial charge >= 0.3 is 0 Å². The zero-order valence-electron chi connectivity index (χ0n) is 10.4.